The second kappa shape index (κ2) is 6.09. The molecule has 7 heteroatoms. The van der Waals surface area contributed by atoms with Gasteiger partial charge in [-0.3, -0.25) is 9.69 Å². The van der Waals surface area contributed by atoms with Gasteiger partial charge in [0.15, 0.2) is 0 Å². The van der Waals surface area contributed by atoms with Gasteiger partial charge in [0.2, 0.25) is 0 Å². The molecule has 0 saturated carbocycles. The van der Waals surface area contributed by atoms with E-state index in [2.05, 4.69) is 10.1 Å². The van der Waals surface area contributed by atoms with Gasteiger partial charge in [-0.2, -0.15) is 11.3 Å². The van der Waals surface area contributed by atoms with Crippen LogP contribution in [0.2, 0.25) is 0 Å². The molecule has 3 amide bonds. The fourth-order valence-electron chi connectivity index (χ4n) is 2.68. The van der Waals surface area contributed by atoms with Crippen molar-refractivity contribution in [1.29, 1.82) is 0 Å². The van der Waals surface area contributed by atoms with Crippen molar-refractivity contribution in [2.45, 2.75) is 19.0 Å². The first-order valence-electron chi connectivity index (χ1n) is 7.30. The molecule has 3 rings (SSSR count). The van der Waals surface area contributed by atoms with E-state index < -0.39 is 17.5 Å². The van der Waals surface area contributed by atoms with Gasteiger partial charge in [0.1, 0.15) is 5.54 Å². The molecular formula is C17H16N2O4S. The van der Waals surface area contributed by atoms with Crippen LogP contribution >= 0.6 is 11.3 Å². The van der Waals surface area contributed by atoms with Crippen LogP contribution in [0.15, 0.2) is 41.1 Å². The van der Waals surface area contributed by atoms with Gasteiger partial charge in [0.05, 0.1) is 19.2 Å². The molecular weight excluding hydrogens is 328 g/mol. The number of nitrogens with one attached hydrogen (secondary N) is 1. The lowest BCUT2D eigenvalue weighted by atomic mass is 9.95. The summed E-state index contributed by atoms with van der Waals surface area (Å²) in [5.41, 5.74) is 0.757. The molecule has 0 spiro atoms. The highest BCUT2D eigenvalue weighted by atomic mass is 32.1. The normalized spacial score (nSPS) is 20.2. The van der Waals surface area contributed by atoms with Crippen molar-refractivity contribution in [3.05, 3.63) is 57.8 Å². The summed E-state index contributed by atoms with van der Waals surface area (Å²) in [6.07, 6.45) is 0. The van der Waals surface area contributed by atoms with Crippen molar-refractivity contribution in [2.24, 2.45) is 0 Å². The lowest BCUT2D eigenvalue weighted by molar-refractivity contribution is -0.131. The van der Waals surface area contributed by atoms with Gasteiger partial charge in [-0.1, -0.05) is 12.1 Å². The molecule has 1 aliphatic heterocycles. The van der Waals surface area contributed by atoms with E-state index in [-0.39, 0.29) is 12.5 Å². The third-order valence-corrected chi connectivity index (χ3v) is 4.75. The van der Waals surface area contributed by atoms with Crippen LogP contribution in [0.5, 0.6) is 0 Å². The summed E-state index contributed by atoms with van der Waals surface area (Å²) in [4.78, 5) is 37.8. The van der Waals surface area contributed by atoms with Gasteiger partial charge < -0.3 is 10.1 Å². The van der Waals surface area contributed by atoms with E-state index in [1.165, 1.54) is 18.4 Å². The second-order valence-corrected chi connectivity index (χ2v) is 6.43. The quantitative estimate of drug-likeness (QED) is 0.683. The molecule has 1 aliphatic rings. The maximum atomic E-state index is 12.8. The number of esters is 1. The van der Waals surface area contributed by atoms with E-state index in [9.17, 15) is 14.4 Å². The Morgan fingerprint density at radius 3 is 2.79 bits per heavy atom. The maximum Gasteiger partial charge on any atom is 0.337 e. The Kier molecular flexibility index (Phi) is 4.11. The van der Waals surface area contributed by atoms with Crippen molar-refractivity contribution in [2.75, 3.05) is 7.11 Å². The minimum atomic E-state index is -1.06. The van der Waals surface area contributed by atoms with E-state index in [0.29, 0.717) is 11.1 Å². The maximum absolute atomic E-state index is 12.8. The number of thiophene rings is 1. The van der Waals surface area contributed by atoms with E-state index in [1.54, 1.807) is 31.2 Å². The predicted octanol–water partition coefficient (Wildman–Crippen LogP) is 2.50. The Balaban J connectivity index is 1.85. The molecule has 1 aromatic heterocycles. The monoisotopic (exact) mass is 344 g/mol. The molecule has 0 radical (unpaired) electrons. The summed E-state index contributed by atoms with van der Waals surface area (Å²) in [5.74, 6) is -0.772. The number of ether oxygens (including phenoxy) is 1. The van der Waals surface area contributed by atoms with E-state index >= 15 is 0 Å². The zero-order chi connectivity index (χ0) is 17.3. The molecule has 2 heterocycles. The van der Waals surface area contributed by atoms with Crippen molar-refractivity contribution in [3.8, 4) is 0 Å². The Labute approximate surface area is 143 Å². The van der Waals surface area contributed by atoms with Crippen LogP contribution in [0, 0.1) is 0 Å². The first kappa shape index (κ1) is 16.2. The molecule has 0 bridgehead atoms. The Hall–Kier alpha value is -2.67. The number of carbonyl (C=O) groups excluding carboxylic acids is 3. The highest BCUT2D eigenvalue weighted by Crippen LogP contribution is 2.31. The second-order valence-electron chi connectivity index (χ2n) is 5.65. The molecule has 1 N–H and O–H groups in total. The van der Waals surface area contributed by atoms with Gasteiger partial charge in [-0.25, -0.2) is 9.59 Å². The Morgan fingerprint density at radius 2 is 2.12 bits per heavy atom. The minimum Gasteiger partial charge on any atom is -0.465 e. The smallest absolute Gasteiger partial charge is 0.337 e. The first-order chi connectivity index (χ1) is 11.5. The lowest BCUT2D eigenvalue weighted by Gasteiger charge is -2.20. The molecule has 0 unspecified atom stereocenters. The molecule has 124 valence electrons. The number of carbonyl (C=O) groups is 3. The van der Waals surface area contributed by atoms with Crippen molar-refractivity contribution >= 4 is 29.2 Å². The fourth-order valence-corrected chi connectivity index (χ4v) is 3.45. The van der Waals surface area contributed by atoms with Crippen molar-refractivity contribution in [1.82, 2.24) is 10.2 Å². The SMILES string of the molecule is COC(=O)c1cccc(CN2C(=O)N[C@@](C)(c3ccsc3)C2=O)c1. The van der Waals surface area contributed by atoms with E-state index in [0.717, 1.165) is 10.5 Å². The fraction of sp³-hybridized carbons (Fsp3) is 0.235. The number of urea groups is 1. The van der Waals surface area contributed by atoms with Crippen LogP contribution in [0.3, 0.4) is 0 Å². The minimum absolute atomic E-state index is 0.0925. The van der Waals surface area contributed by atoms with Crippen LogP contribution < -0.4 is 5.32 Å². The summed E-state index contributed by atoms with van der Waals surface area (Å²) in [5, 5.41) is 6.46. The van der Waals surface area contributed by atoms with Gasteiger partial charge >= 0.3 is 12.0 Å². The first-order valence-corrected chi connectivity index (χ1v) is 8.24. The predicted molar refractivity (Wildman–Crippen MR) is 88.5 cm³/mol. The van der Waals surface area contributed by atoms with Gasteiger partial charge in [-0.05, 0) is 47.0 Å². The van der Waals surface area contributed by atoms with Crippen LogP contribution in [-0.2, 0) is 21.6 Å². The van der Waals surface area contributed by atoms with Gasteiger partial charge in [0.25, 0.3) is 5.91 Å². The number of methoxy groups -OCH3 is 1. The Bertz CT molecular complexity index is 803. The van der Waals surface area contributed by atoms with Crippen molar-refractivity contribution < 1.29 is 19.1 Å². The number of rotatable bonds is 4. The molecule has 0 aliphatic carbocycles. The lowest BCUT2D eigenvalue weighted by Crippen LogP contribution is -2.40. The summed E-state index contributed by atoms with van der Waals surface area (Å²) in [7, 11) is 1.30. The van der Waals surface area contributed by atoms with E-state index in [4.69, 9.17) is 0 Å². The van der Waals surface area contributed by atoms with Crippen LogP contribution in [0.25, 0.3) is 0 Å². The number of hydrogen-bond acceptors (Lipinski definition) is 5. The number of imide groups is 1. The van der Waals surface area contributed by atoms with E-state index in [1.807, 2.05) is 16.8 Å². The van der Waals surface area contributed by atoms with Crippen molar-refractivity contribution in [3.63, 3.8) is 0 Å². The summed E-state index contributed by atoms with van der Waals surface area (Å²) in [6, 6.07) is 8.07. The highest BCUT2D eigenvalue weighted by molar-refractivity contribution is 7.08. The third-order valence-electron chi connectivity index (χ3n) is 4.06. The third kappa shape index (κ3) is 2.67. The summed E-state index contributed by atoms with van der Waals surface area (Å²) in [6.45, 7) is 1.79. The van der Waals surface area contributed by atoms with Gasteiger partial charge in [-0.15, -0.1) is 0 Å². The molecule has 1 saturated heterocycles. The largest absolute Gasteiger partial charge is 0.465 e. The van der Waals surface area contributed by atoms with Crippen LogP contribution in [0.4, 0.5) is 4.79 Å². The highest BCUT2D eigenvalue weighted by Gasteiger charge is 2.49. The molecule has 1 atom stereocenters. The number of amides is 3. The molecule has 1 fully saturated rings. The molecule has 1 aromatic carbocycles. The topological polar surface area (TPSA) is 75.7 Å². The van der Waals surface area contributed by atoms with Crippen LogP contribution in [0.1, 0.15) is 28.4 Å². The summed E-state index contributed by atoms with van der Waals surface area (Å²) >= 11 is 1.47. The molecule has 6 nitrogen and oxygen atoms in total. The number of nitrogens with zero attached hydrogens (tertiary/aromatic N) is 1. The average Bonchev–Trinajstić information content (AvgIpc) is 3.19. The Morgan fingerprint density at radius 1 is 1.33 bits per heavy atom. The molecule has 24 heavy (non-hydrogen) atoms. The zero-order valence-corrected chi connectivity index (χ0v) is 14.1. The zero-order valence-electron chi connectivity index (χ0n) is 13.2. The summed E-state index contributed by atoms with van der Waals surface area (Å²) < 4.78 is 4.69. The number of benzene rings is 1. The standard InChI is InChI=1S/C17H16N2O4S/c1-17(13-6-7-24-10-13)15(21)19(16(22)18-17)9-11-4-3-5-12(8-11)14(20)23-2/h3-8,10H,9H2,1-2H3,(H,18,22)/t17-/m0/s1. The number of hydrogen-bond donors (Lipinski definition) is 1. The van der Waals surface area contributed by atoms with Gasteiger partial charge in [0, 0.05) is 0 Å². The van der Waals surface area contributed by atoms with Crippen LogP contribution in [-0.4, -0.2) is 29.9 Å². The molecule has 2 aromatic rings. The average molecular weight is 344 g/mol.